The van der Waals surface area contributed by atoms with Crippen LogP contribution in [0.1, 0.15) is 24.5 Å². The molecule has 50 heavy (non-hydrogen) atoms. The average molecular weight is 644 g/mol. The summed E-state index contributed by atoms with van der Waals surface area (Å²) >= 11 is 0. The van der Waals surface area contributed by atoms with Crippen molar-refractivity contribution in [3.05, 3.63) is 175 Å². The van der Waals surface area contributed by atoms with Gasteiger partial charge in [-0.15, -0.1) is 0 Å². The maximum absolute atomic E-state index is 6.71. The number of benzene rings is 6. The molecule has 9 rings (SSSR count). The Bertz CT molecular complexity index is 2550. The molecule has 238 valence electrons. The zero-order valence-electron chi connectivity index (χ0n) is 27.6. The highest BCUT2D eigenvalue weighted by Gasteiger charge is 2.24. The summed E-state index contributed by atoms with van der Waals surface area (Å²) in [4.78, 5) is 15.3. The van der Waals surface area contributed by atoms with Crippen molar-refractivity contribution in [1.29, 1.82) is 0 Å². The lowest BCUT2D eigenvalue weighted by Crippen LogP contribution is -2.05. The quantitative estimate of drug-likeness (QED) is 0.181. The zero-order chi connectivity index (χ0) is 33.4. The minimum Gasteiger partial charge on any atom is -0.455 e. The van der Waals surface area contributed by atoms with E-state index in [0.29, 0.717) is 23.4 Å². The molecule has 8 aromatic rings. The van der Waals surface area contributed by atoms with Crippen LogP contribution < -0.4 is 0 Å². The summed E-state index contributed by atoms with van der Waals surface area (Å²) in [6.07, 6.45) is 5.49. The van der Waals surface area contributed by atoms with Gasteiger partial charge in [-0.3, -0.25) is 0 Å². The topological polar surface area (TPSA) is 51.8 Å². The van der Waals surface area contributed by atoms with Gasteiger partial charge in [-0.25, -0.2) is 15.0 Å². The third-order valence-electron chi connectivity index (χ3n) is 9.66. The smallest absolute Gasteiger partial charge is 0.164 e. The standard InChI is InChI=1S/C46H33N3O/c1-30-29-36(32-15-7-3-8-16-32)25-26-37(30)38-27-28-40(42-39-19-11-12-20-41(39)50-43(38)42)46-48-44(34-17-9-4-10-18-34)47-45(49-46)35-23-21-33(22-24-35)31-13-5-2-6-14-31/h2-28,30H,29H2,1H3. The van der Waals surface area contributed by atoms with E-state index in [9.17, 15) is 0 Å². The minimum atomic E-state index is 0.310. The second kappa shape index (κ2) is 12.6. The van der Waals surface area contributed by atoms with E-state index >= 15 is 0 Å². The van der Waals surface area contributed by atoms with Crippen molar-refractivity contribution in [2.24, 2.45) is 5.92 Å². The van der Waals surface area contributed by atoms with E-state index < -0.39 is 0 Å². The number of hydrogen-bond acceptors (Lipinski definition) is 4. The first-order valence-electron chi connectivity index (χ1n) is 17.1. The number of nitrogens with zero attached hydrogens (tertiary/aromatic N) is 3. The van der Waals surface area contributed by atoms with Crippen molar-refractivity contribution in [3.8, 4) is 45.3 Å². The summed E-state index contributed by atoms with van der Waals surface area (Å²) in [5.74, 6) is 2.18. The van der Waals surface area contributed by atoms with Crippen molar-refractivity contribution in [2.45, 2.75) is 13.3 Å². The number of furan rings is 1. The SMILES string of the molecule is CC1CC(c2ccccc2)=CC=C1c1ccc(-c2nc(-c3ccccc3)nc(-c3ccc(-c4ccccc4)cc3)n2)c2c1oc1ccccc12. The fraction of sp³-hybridized carbons (Fsp3) is 0.0652. The number of rotatable bonds is 6. The predicted molar refractivity (Wildman–Crippen MR) is 205 cm³/mol. The summed E-state index contributed by atoms with van der Waals surface area (Å²) in [5, 5.41) is 2.05. The summed E-state index contributed by atoms with van der Waals surface area (Å²) in [6.45, 7) is 2.30. The van der Waals surface area contributed by atoms with Crippen molar-refractivity contribution in [1.82, 2.24) is 15.0 Å². The zero-order valence-corrected chi connectivity index (χ0v) is 27.6. The third kappa shape index (κ3) is 5.41. The van der Waals surface area contributed by atoms with E-state index in [0.717, 1.165) is 56.2 Å². The lowest BCUT2D eigenvalue weighted by Gasteiger charge is -2.23. The van der Waals surface area contributed by atoms with Crippen molar-refractivity contribution in [2.75, 3.05) is 0 Å². The maximum Gasteiger partial charge on any atom is 0.164 e. The van der Waals surface area contributed by atoms with Gasteiger partial charge >= 0.3 is 0 Å². The first-order valence-corrected chi connectivity index (χ1v) is 17.1. The molecular formula is C46H33N3O. The van der Waals surface area contributed by atoms with E-state index in [1.807, 2.05) is 48.5 Å². The summed E-state index contributed by atoms with van der Waals surface area (Å²) in [6, 6.07) is 52.2. The van der Waals surface area contributed by atoms with Crippen LogP contribution in [0.3, 0.4) is 0 Å². The van der Waals surface area contributed by atoms with Gasteiger partial charge in [0.2, 0.25) is 0 Å². The Morgan fingerprint density at radius 2 is 1.00 bits per heavy atom. The van der Waals surface area contributed by atoms with E-state index in [1.54, 1.807) is 0 Å². The molecule has 1 atom stereocenters. The normalized spacial score (nSPS) is 14.5. The van der Waals surface area contributed by atoms with E-state index in [2.05, 4.69) is 122 Å². The number of fused-ring (bicyclic) bond motifs is 3. The van der Waals surface area contributed by atoms with Crippen LogP contribution in [-0.4, -0.2) is 15.0 Å². The van der Waals surface area contributed by atoms with Crippen LogP contribution in [0.25, 0.3) is 78.4 Å². The Morgan fingerprint density at radius 1 is 0.480 bits per heavy atom. The van der Waals surface area contributed by atoms with Gasteiger partial charge in [-0.2, -0.15) is 0 Å². The molecule has 0 aliphatic heterocycles. The molecule has 0 fully saturated rings. The van der Waals surface area contributed by atoms with E-state index in [-0.39, 0.29) is 0 Å². The van der Waals surface area contributed by atoms with Crippen LogP contribution in [0, 0.1) is 5.92 Å². The molecule has 1 unspecified atom stereocenters. The first kappa shape index (κ1) is 29.7. The first-order chi connectivity index (χ1) is 24.7. The summed E-state index contributed by atoms with van der Waals surface area (Å²) < 4.78 is 6.71. The van der Waals surface area contributed by atoms with Gasteiger partial charge in [0.05, 0.1) is 0 Å². The van der Waals surface area contributed by atoms with Crippen LogP contribution in [-0.2, 0) is 0 Å². The Kier molecular flexibility index (Phi) is 7.47. The number of hydrogen-bond donors (Lipinski definition) is 0. The van der Waals surface area contributed by atoms with Crippen LogP contribution >= 0.6 is 0 Å². The summed E-state index contributed by atoms with van der Waals surface area (Å²) in [7, 11) is 0. The monoisotopic (exact) mass is 643 g/mol. The summed E-state index contributed by atoms with van der Waals surface area (Å²) in [5.41, 5.74) is 11.8. The third-order valence-corrected chi connectivity index (χ3v) is 9.66. The molecule has 2 aromatic heterocycles. The maximum atomic E-state index is 6.71. The van der Waals surface area contributed by atoms with Gasteiger partial charge in [-0.1, -0.05) is 159 Å². The molecule has 6 aromatic carbocycles. The number of aromatic nitrogens is 3. The highest BCUT2D eigenvalue weighted by molar-refractivity contribution is 6.14. The van der Waals surface area contributed by atoms with Gasteiger partial charge in [-0.05, 0) is 52.3 Å². The fourth-order valence-electron chi connectivity index (χ4n) is 7.11. The van der Waals surface area contributed by atoms with Crippen LogP contribution in [0.2, 0.25) is 0 Å². The number of allylic oxidation sites excluding steroid dienone is 4. The molecule has 0 saturated carbocycles. The molecule has 1 aliphatic rings. The molecule has 1 aliphatic carbocycles. The lowest BCUT2D eigenvalue weighted by atomic mass is 9.82. The highest BCUT2D eigenvalue weighted by Crippen LogP contribution is 2.44. The Balaban J connectivity index is 1.22. The molecule has 4 heteroatoms. The Morgan fingerprint density at radius 3 is 1.68 bits per heavy atom. The minimum absolute atomic E-state index is 0.310. The molecule has 0 saturated heterocycles. The fourth-order valence-corrected chi connectivity index (χ4v) is 7.11. The van der Waals surface area contributed by atoms with Gasteiger partial charge in [0, 0.05) is 33.0 Å². The second-order valence-corrected chi connectivity index (χ2v) is 12.9. The average Bonchev–Trinajstić information content (AvgIpc) is 3.58. The molecule has 2 heterocycles. The molecule has 0 amide bonds. The molecule has 4 nitrogen and oxygen atoms in total. The van der Waals surface area contributed by atoms with Gasteiger partial charge in [0.25, 0.3) is 0 Å². The van der Waals surface area contributed by atoms with Gasteiger partial charge < -0.3 is 4.42 Å². The number of para-hydroxylation sites is 1. The molecule has 0 radical (unpaired) electrons. The second-order valence-electron chi connectivity index (χ2n) is 12.9. The van der Waals surface area contributed by atoms with E-state index in [4.69, 9.17) is 19.4 Å². The van der Waals surface area contributed by atoms with Crippen molar-refractivity contribution >= 4 is 33.1 Å². The lowest BCUT2D eigenvalue weighted by molar-refractivity contribution is 0.665. The van der Waals surface area contributed by atoms with Crippen LogP contribution in [0.4, 0.5) is 0 Å². The van der Waals surface area contributed by atoms with Gasteiger partial charge in [0.15, 0.2) is 17.5 Å². The van der Waals surface area contributed by atoms with E-state index in [1.165, 1.54) is 22.3 Å². The van der Waals surface area contributed by atoms with Gasteiger partial charge in [0.1, 0.15) is 11.2 Å². The molecular weight excluding hydrogens is 611 g/mol. The highest BCUT2D eigenvalue weighted by atomic mass is 16.3. The Hall–Kier alpha value is -6.39. The van der Waals surface area contributed by atoms with Crippen LogP contribution in [0.5, 0.6) is 0 Å². The Labute approximate surface area is 291 Å². The van der Waals surface area contributed by atoms with Crippen molar-refractivity contribution < 1.29 is 4.42 Å². The molecule has 0 N–H and O–H groups in total. The molecule has 0 bridgehead atoms. The van der Waals surface area contributed by atoms with Crippen molar-refractivity contribution in [3.63, 3.8) is 0 Å². The predicted octanol–water partition coefficient (Wildman–Crippen LogP) is 11.9. The largest absolute Gasteiger partial charge is 0.455 e. The van der Waals surface area contributed by atoms with Crippen LogP contribution in [0.15, 0.2) is 168 Å². The molecule has 0 spiro atoms.